The molecule has 0 spiro atoms. The highest BCUT2D eigenvalue weighted by Crippen LogP contribution is 2.33. The molecule has 0 saturated carbocycles. The van der Waals surface area contributed by atoms with Crippen molar-refractivity contribution in [3.8, 4) is 11.8 Å². The zero-order valence-electron chi connectivity index (χ0n) is 11.0. The summed E-state index contributed by atoms with van der Waals surface area (Å²) in [6, 6.07) is 13.3. The van der Waals surface area contributed by atoms with Crippen molar-refractivity contribution in [2.75, 3.05) is 0 Å². The van der Waals surface area contributed by atoms with E-state index in [0.29, 0.717) is 17.9 Å². The zero-order chi connectivity index (χ0) is 13.9. The van der Waals surface area contributed by atoms with Crippen LogP contribution in [0.1, 0.15) is 17.0 Å². The molecule has 0 unspecified atom stereocenters. The quantitative estimate of drug-likeness (QED) is 0.725. The number of aromatic nitrogens is 1. The molecule has 0 aliphatic rings. The van der Waals surface area contributed by atoms with Crippen molar-refractivity contribution in [3.05, 3.63) is 59.6 Å². The highest BCUT2D eigenvalue weighted by molar-refractivity contribution is 5.86. The predicted molar refractivity (Wildman–Crippen MR) is 74.2 cm³/mol. The topological polar surface area (TPSA) is 59.0 Å². The lowest BCUT2D eigenvalue weighted by molar-refractivity contribution is 0.298. The first-order valence-electron chi connectivity index (χ1n) is 6.24. The van der Waals surface area contributed by atoms with E-state index in [1.54, 1.807) is 6.20 Å². The van der Waals surface area contributed by atoms with Gasteiger partial charge in [0.25, 0.3) is 0 Å². The Morgan fingerprint density at radius 1 is 1.25 bits per heavy atom. The number of hydrogen-bond donors (Lipinski definition) is 0. The Bertz CT molecular complexity index is 800. The average Bonchev–Trinajstić information content (AvgIpc) is 2.84. The van der Waals surface area contributed by atoms with Crippen LogP contribution < -0.4 is 4.74 Å². The summed E-state index contributed by atoms with van der Waals surface area (Å²) in [6.07, 6.45) is 1.73. The molecule has 0 aliphatic heterocycles. The standard InChI is InChI=1S/C16H12N2O2/c1-11-5-4-8-18-13(11)10-19-16-12-6-2-3-7-14(12)20-15(16)9-17/h2-8H,10H2,1H3. The Hall–Kier alpha value is -2.80. The van der Waals surface area contributed by atoms with Crippen molar-refractivity contribution in [3.63, 3.8) is 0 Å². The lowest BCUT2D eigenvalue weighted by Crippen LogP contribution is -2.00. The van der Waals surface area contributed by atoms with Gasteiger partial charge >= 0.3 is 0 Å². The fourth-order valence-electron chi connectivity index (χ4n) is 2.05. The first-order valence-corrected chi connectivity index (χ1v) is 6.24. The maximum Gasteiger partial charge on any atom is 0.246 e. The van der Waals surface area contributed by atoms with Gasteiger partial charge in [-0.3, -0.25) is 4.98 Å². The third-order valence-corrected chi connectivity index (χ3v) is 3.12. The van der Waals surface area contributed by atoms with Gasteiger partial charge in [-0.05, 0) is 30.7 Å². The van der Waals surface area contributed by atoms with E-state index in [9.17, 15) is 0 Å². The molecule has 2 aromatic heterocycles. The average molecular weight is 264 g/mol. The molecule has 0 bridgehead atoms. The maximum absolute atomic E-state index is 9.13. The molecule has 0 fully saturated rings. The van der Waals surface area contributed by atoms with Gasteiger partial charge in [-0.25, -0.2) is 0 Å². The highest BCUT2D eigenvalue weighted by atomic mass is 16.5. The summed E-state index contributed by atoms with van der Waals surface area (Å²) >= 11 is 0. The Balaban J connectivity index is 1.95. The van der Waals surface area contributed by atoms with Crippen molar-refractivity contribution >= 4 is 11.0 Å². The minimum absolute atomic E-state index is 0.194. The van der Waals surface area contributed by atoms with Crippen LogP contribution in [0.3, 0.4) is 0 Å². The number of rotatable bonds is 3. The maximum atomic E-state index is 9.13. The number of aryl methyl sites for hydroxylation is 1. The zero-order valence-corrected chi connectivity index (χ0v) is 11.0. The molecule has 4 heteroatoms. The third kappa shape index (κ3) is 2.10. The minimum Gasteiger partial charge on any atom is -0.482 e. The van der Waals surface area contributed by atoms with E-state index in [4.69, 9.17) is 14.4 Å². The fraction of sp³-hybridized carbons (Fsp3) is 0.125. The molecular weight excluding hydrogens is 252 g/mol. The van der Waals surface area contributed by atoms with Crippen LogP contribution in [0.15, 0.2) is 47.0 Å². The second-order valence-electron chi connectivity index (χ2n) is 4.42. The van der Waals surface area contributed by atoms with Gasteiger partial charge in [-0.15, -0.1) is 0 Å². The normalized spacial score (nSPS) is 10.4. The Kier molecular flexibility index (Phi) is 3.10. The van der Waals surface area contributed by atoms with Crippen LogP contribution in [-0.4, -0.2) is 4.98 Å². The van der Waals surface area contributed by atoms with Gasteiger partial charge in [0.05, 0.1) is 11.1 Å². The van der Waals surface area contributed by atoms with Crippen LogP contribution in [0.5, 0.6) is 5.75 Å². The Morgan fingerprint density at radius 2 is 2.10 bits per heavy atom. The second-order valence-corrected chi connectivity index (χ2v) is 4.42. The first kappa shape index (κ1) is 12.2. The van der Waals surface area contributed by atoms with E-state index in [2.05, 4.69) is 4.98 Å². The Morgan fingerprint density at radius 3 is 2.90 bits per heavy atom. The molecule has 1 aromatic carbocycles. The van der Waals surface area contributed by atoms with Gasteiger partial charge in [-0.1, -0.05) is 18.2 Å². The molecule has 3 rings (SSSR count). The summed E-state index contributed by atoms with van der Waals surface area (Å²) in [6.45, 7) is 2.29. The van der Waals surface area contributed by atoms with Gasteiger partial charge in [-0.2, -0.15) is 5.26 Å². The van der Waals surface area contributed by atoms with Crippen LogP contribution in [0, 0.1) is 18.3 Å². The molecule has 2 heterocycles. The molecule has 0 atom stereocenters. The number of fused-ring (bicyclic) bond motifs is 1. The molecule has 0 amide bonds. The monoisotopic (exact) mass is 264 g/mol. The van der Waals surface area contributed by atoms with Crippen molar-refractivity contribution in [2.24, 2.45) is 0 Å². The molecular formula is C16H12N2O2. The van der Waals surface area contributed by atoms with Crippen LogP contribution in [-0.2, 0) is 6.61 Å². The van der Waals surface area contributed by atoms with Crippen molar-refractivity contribution in [2.45, 2.75) is 13.5 Å². The van der Waals surface area contributed by atoms with E-state index < -0.39 is 0 Å². The molecule has 3 aromatic rings. The fourth-order valence-corrected chi connectivity index (χ4v) is 2.05. The van der Waals surface area contributed by atoms with E-state index in [1.165, 1.54) is 0 Å². The number of hydrogen-bond acceptors (Lipinski definition) is 4. The third-order valence-electron chi connectivity index (χ3n) is 3.12. The molecule has 20 heavy (non-hydrogen) atoms. The lowest BCUT2D eigenvalue weighted by atomic mass is 10.2. The number of furan rings is 1. The summed E-state index contributed by atoms with van der Waals surface area (Å²) in [5, 5.41) is 9.94. The predicted octanol–water partition coefficient (Wildman–Crippen LogP) is 3.59. The van der Waals surface area contributed by atoms with Crippen LogP contribution >= 0.6 is 0 Å². The van der Waals surface area contributed by atoms with E-state index in [0.717, 1.165) is 16.6 Å². The van der Waals surface area contributed by atoms with E-state index >= 15 is 0 Å². The number of benzene rings is 1. The first-order chi connectivity index (χ1) is 9.79. The van der Waals surface area contributed by atoms with Crippen LogP contribution in [0.4, 0.5) is 0 Å². The van der Waals surface area contributed by atoms with Crippen LogP contribution in [0.25, 0.3) is 11.0 Å². The van der Waals surface area contributed by atoms with Crippen molar-refractivity contribution in [1.29, 1.82) is 5.26 Å². The SMILES string of the molecule is Cc1cccnc1COc1c(C#N)oc2ccccc12. The van der Waals surface area contributed by atoms with E-state index in [1.807, 2.05) is 49.4 Å². The summed E-state index contributed by atoms with van der Waals surface area (Å²) < 4.78 is 11.2. The minimum atomic E-state index is 0.194. The number of pyridine rings is 1. The van der Waals surface area contributed by atoms with Gasteiger partial charge in [0.1, 0.15) is 18.3 Å². The van der Waals surface area contributed by atoms with Gasteiger partial charge in [0.15, 0.2) is 5.75 Å². The highest BCUT2D eigenvalue weighted by Gasteiger charge is 2.15. The lowest BCUT2D eigenvalue weighted by Gasteiger charge is -2.06. The molecule has 98 valence electrons. The van der Waals surface area contributed by atoms with Crippen molar-refractivity contribution in [1.82, 2.24) is 4.98 Å². The summed E-state index contributed by atoms with van der Waals surface area (Å²) in [4.78, 5) is 4.27. The smallest absolute Gasteiger partial charge is 0.246 e. The van der Waals surface area contributed by atoms with Crippen molar-refractivity contribution < 1.29 is 9.15 Å². The Labute approximate surface area is 116 Å². The van der Waals surface area contributed by atoms with Crippen LogP contribution in [0.2, 0.25) is 0 Å². The summed E-state index contributed by atoms with van der Waals surface area (Å²) in [5.41, 5.74) is 2.55. The largest absolute Gasteiger partial charge is 0.482 e. The number of nitriles is 1. The molecule has 0 radical (unpaired) electrons. The summed E-state index contributed by atoms with van der Waals surface area (Å²) in [5.74, 6) is 0.674. The molecule has 0 aliphatic carbocycles. The number of para-hydroxylation sites is 1. The van der Waals surface area contributed by atoms with Gasteiger partial charge in [0, 0.05) is 6.20 Å². The van der Waals surface area contributed by atoms with Gasteiger partial charge < -0.3 is 9.15 Å². The number of ether oxygens (including phenoxy) is 1. The van der Waals surface area contributed by atoms with Gasteiger partial charge in [0.2, 0.25) is 5.76 Å². The molecule has 0 N–H and O–H groups in total. The molecule has 4 nitrogen and oxygen atoms in total. The molecule has 0 saturated heterocycles. The summed E-state index contributed by atoms with van der Waals surface area (Å²) in [7, 11) is 0. The second kappa shape index (κ2) is 5.06. The number of nitrogens with zero attached hydrogens (tertiary/aromatic N) is 2. The van der Waals surface area contributed by atoms with E-state index in [-0.39, 0.29) is 5.76 Å².